The van der Waals surface area contributed by atoms with Crippen LogP contribution in [0.1, 0.15) is 44.7 Å². The maximum Gasteiger partial charge on any atom is 0.131 e. The summed E-state index contributed by atoms with van der Waals surface area (Å²) in [5.74, 6) is 0.211. The van der Waals surface area contributed by atoms with Crippen LogP contribution < -0.4 is 5.32 Å². The third-order valence-electron chi connectivity index (χ3n) is 7.95. The van der Waals surface area contributed by atoms with E-state index in [0.29, 0.717) is 11.5 Å². The van der Waals surface area contributed by atoms with Crippen LogP contribution in [0.25, 0.3) is 49.9 Å². The Morgan fingerprint density at radius 3 is 2.63 bits per heavy atom. The highest BCUT2D eigenvalue weighted by molar-refractivity contribution is 6.01. The number of aromatic amines is 2. The van der Waals surface area contributed by atoms with Crippen LogP contribution >= 0.6 is 0 Å². The van der Waals surface area contributed by atoms with Gasteiger partial charge in [-0.05, 0) is 61.6 Å². The first-order chi connectivity index (χ1) is 20.1. The Bertz CT molecular complexity index is 1820. The number of nitrogens with zero attached hydrogens (tertiary/aromatic N) is 3. The van der Waals surface area contributed by atoms with Crippen LogP contribution in [0.3, 0.4) is 0 Å². The third kappa shape index (κ3) is 5.23. The molecule has 1 aliphatic rings. The number of pyridine rings is 2. The predicted molar refractivity (Wildman–Crippen MR) is 165 cm³/mol. The molecule has 1 saturated carbocycles. The van der Waals surface area contributed by atoms with Crippen LogP contribution in [0.15, 0.2) is 97.8 Å². The molecule has 4 heterocycles. The van der Waals surface area contributed by atoms with Crippen molar-refractivity contribution in [3.8, 4) is 22.5 Å². The van der Waals surface area contributed by atoms with Gasteiger partial charge in [-0.1, -0.05) is 56.7 Å². The van der Waals surface area contributed by atoms with E-state index in [1.807, 2.05) is 37.3 Å². The second-order valence-corrected chi connectivity index (χ2v) is 10.5. The summed E-state index contributed by atoms with van der Waals surface area (Å²) in [5.41, 5.74) is 8.15. The van der Waals surface area contributed by atoms with Gasteiger partial charge in [0, 0.05) is 39.5 Å². The van der Waals surface area contributed by atoms with Crippen LogP contribution in [0, 0.1) is 11.7 Å². The molecule has 6 rings (SSSR count). The minimum atomic E-state index is -0.284. The Morgan fingerprint density at radius 2 is 1.85 bits per heavy atom. The molecule has 1 aromatic carbocycles. The molecule has 0 unspecified atom stereocenters. The lowest BCUT2D eigenvalue weighted by atomic mass is 9.87. The molecule has 6 nitrogen and oxygen atoms in total. The number of allylic oxidation sites excluding steroid dienone is 5. The number of hydrogen-bond acceptors (Lipinski definition) is 4. The van der Waals surface area contributed by atoms with E-state index in [1.54, 1.807) is 30.7 Å². The highest BCUT2D eigenvalue weighted by atomic mass is 19.1. The van der Waals surface area contributed by atoms with Crippen molar-refractivity contribution in [3.63, 3.8) is 0 Å². The van der Waals surface area contributed by atoms with Gasteiger partial charge in [0.1, 0.15) is 11.5 Å². The van der Waals surface area contributed by atoms with E-state index in [9.17, 15) is 4.39 Å². The molecule has 0 radical (unpaired) electrons. The van der Waals surface area contributed by atoms with Crippen molar-refractivity contribution in [1.82, 2.24) is 30.5 Å². The highest BCUT2D eigenvalue weighted by Gasteiger charge is 2.18. The summed E-state index contributed by atoms with van der Waals surface area (Å²) in [6.07, 6.45) is 17.4. The van der Waals surface area contributed by atoms with Crippen LogP contribution in [-0.4, -0.2) is 25.1 Å². The molecule has 7 heteroatoms. The Labute approximate surface area is 238 Å². The number of benzene rings is 1. The van der Waals surface area contributed by atoms with Crippen LogP contribution in [0.2, 0.25) is 0 Å². The van der Waals surface area contributed by atoms with E-state index in [2.05, 4.69) is 44.7 Å². The van der Waals surface area contributed by atoms with E-state index in [4.69, 9.17) is 4.98 Å². The first kappa shape index (κ1) is 26.4. The van der Waals surface area contributed by atoms with E-state index in [1.165, 1.54) is 38.2 Å². The Kier molecular flexibility index (Phi) is 7.33. The SMILES string of the molecule is C=C/C(=C\C(=C/C)c1cc2c(-c3cc4c(-c5ccccc5F)cncc4[nH]3)n[nH]c2cn1)NC(=C)C1CCCCC1. The molecule has 41 heavy (non-hydrogen) atoms. The summed E-state index contributed by atoms with van der Waals surface area (Å²) in [6.45, 7) is 10.3. The highest BCUT2D eigenvalue weighted by Crippen LogP contribution is 2.35. The summed E-state index contributed by atoms with van der Waals surface area (Å²) < 4.78 is 14.6. The average Bonchev–Trinajstić information content (AvgIpc) is 3.63. The summed E-state index contributed by atoms with van der Waals surface area (Å²) in [4.78, 5) is 12.5. The molecule has 1 aliphatic carbocycles. The van der Waals surface area contributed by atoms with Crippen molar-refractivity contribution in [2.75, 3.05) is 0 Å². The average molecular weight is 545 g/mol. The normalized spacial score (nSPS) is 15.0. The second-order valence-electron chi connectivity index (χ2n) is 10.5. The van der Waals surface area contributed by atoms with Crippen molar-refractivity contribution >= 4 is 27.4 Å². The fraction of sp³-hybridized carbons (Fsp3) is 0.206. The number of hydrogen-bond donors (Lipinski definition) is 3. The molecule has 0 spiro atoms. The molecular weight excluding hydrogens is 511 g/mol. The van der Waals surface area contributed by atoms with Gasteiger partial charge in [0.2, 0.25) is 0 Å². The Hall–Kier alpha value is -4.78. The third-order valence-corrected chi connectivity index (χ3v) is 7.95. The maximum absolute atomic E-state index is 14.6. The summed E-state index contributed by atoms with van der Waals surface area (Å²) >= 11 is 0. The molecule has 4 aromatic heterocycles. The van der Waals surface area contributed by atoms with Gasteiger partial charge < -0.3 is 10.3 Å². The Balaban J connectivity index is 1.34. The lowest BCUT2D eigenvalue weighted by molar-refractivity contribution is 0.393. The largest absolute Gasteiger partial charge is 0.359 e. The number of aromatic nitrogens is 5. The number of rotatable bonds is 8. The standard InChI is InChI=1S/C34H33FN6/c1-4-22(15-24(5-2)38-21(3)23-11-7-6-8-12-23)30-17-27-33(20-37-30)40-41-34(27)31-16-26-28(18-36-19-32(26)39-31)25-13-9-10-14-29(25)35/h4-5,9-10,13-20,23,38-39H,2-3,6-8,11-12H2,1H3,(H,40,41)/b22-4+,24-15+. The molecule has 0 aliphatic heterocycles. The van der Waals surface area contributed by atoms with E-state index in [-0.39, 0.29) is 5.82 Å². The summed E-state index contributed by atoms with van der Waals surface area (Å²) in [6, 6.07) is 10.8. The maximum atomic E-state index is 14.6. The zero-order valence-electron chi connectivity index (χ0n) is 23.2. The number of H-pyrrole nitrogens is 2. The molecule has 5 aromatic rings. The minimum absolute atomic E-state index is 0.284. The minimum Gasteiger partial charge on any atom is -0.359 e. The van der Waals surface area contributed by atoms with E-state index >= 15 is 0 Å². The van der Waals surface area contributed by atoms with Crippen molar-refractivity contribution in [2.24, 2.45) is 5.92 Å². The second kappa shape index (κ2) is 11.4. The van der Waals surface area contributed by atoms with Crippen molar-refractivity contribution < 1.29 is 4.39 Å². The number of fused-ring (bicyclic) bond motifs is 2. The van der Waals surface area contributed by atoms with Gasteiger partial charge in [-0.3, -0.25) is 15.1 Å². The quantitative estimate of drug-likeness (QED) is 0.171. The van der Waals surface area contributed by atoms with Gasteiger partial charge >= 0.3 is 0 Å². The number of halogens is 1. The first-order valence-corrected chi connectivity index (χ1v) is 14.1. The van der Waals surface area contributed by atoms with Gasteiger partial charge in [-0.2, -0.15) is 5.10 Å². The molecule has 1 fully saturated rings. The zero-order valence-corrected chi connectivity index (χ0v) is 23.2. The van der Waals surface area contributed by atoms with Gasteiger partial charge in [-0.25, -0.2) is 4.39 Å². The topological polar surface area (TPSA) is 82.3 Å². The van der Waals surface area contributed by atoms with Gasteiger partial charge in [0.05, 0.1) is 34.8 Å². The van der Waals surface area contributed by atoms with E-state index in [0.717, 1.165) is 61.4 Å². The lowest BCUT2D eigenvalue weighted by Gasteiger charge is -2.25. The summed E-state index contributed by atoms with van der Waals surface area (Å²) in [7, 11) is 0. The molecule has 0 amide bonds. The molecule has 3 N–H and O–H groups in total. The lowest BCUT2D eigenvalue weighted by Crippen LogP contribution is -2.20. The monoisotopic (exact) mass is 544 g/mol. The zero-order chi connectivity index (χ0) is 28.3. The fourth-order valence-electron chi connectivity index (χ4n) is 5.71. The van der Waals surface area contributed by atoms with Crippen LogP contribution in [0.5, 0.6) is 0 Å². The fourth-order valence-corrected chi connectivity index (χ4v) is 5.71. The van der Waals surface area contributed by atoms with Crippen molar-refractivity contribution in [1.29, 1.82) is 0 Å². The summed E-state index contributed by atoms with van der Waals surface area (Å²) in [5, 5.41) is 13.0. The van der Waals surface area contributed by atoms with E-state index < -0.39 is 0 Å². The van der Waals surface area contributed by atoms with Crippen LogP contribution in [0.4, 0.5) is 4.39 Å². The van der Waals surface area contributed by atoms with Crippen molar-refractivity contribution in [3.05, 3.63) is 109 Å². The number of nitrogens with one attached hydrogen (secondary N) is 3. The van der Waals surface area contributed by atoms with Gasteiger partial charge in [0.15, 0.2) is 0 Å². The van der Waals surface area contributed by atoms with Gasteiger partial charge in [0.25, 0.3) is 0 Å². The first-order valence-electron chi connectivity index (χ1n) is 14.1. The molecule has 0 saturated heterocycles. The Morgan fingerprint density at radius 1 is 1.02 bits per heavy atom. The van der Waals surface area contributed by atoms with Gasteiger partial charge in [-0.15, -0.1) is 0 Å². The predicted octanol–water partition coefficient (Wildman–Crippen LogP) is 8.46. The molecule has 0 bridgehead atoms. The van der Waals surface area contributed by atoms with Crippen LogP contribution in [-0.2, 0) is 0 Å². The molecule has 206 valence electrons. The smallest absolute Gasteiger partial charge is 0.131 e. The molecular formula is C34H33FN6. The molecule has 0 atom stereocenters. The van der Waals surface area contributed by atoms with Crippen molar-refractivity contribution in [2.45, 2.75) is 39.0 Å².